The Balaban J connectivity index is 2.50. The molecule has 3 nitrogen and oxygen atoms in total. The van der Waals surface area contributed by atoms with Crippen LogP contribution in [-0.2, 0) is 0 Å². The van der Waals surface area contributed by atoms with Crippen molar-refractivity contribution in [2.45, 2.75) is 102 Å². The molecule has 2 saturated heterocycles. The molecule has 6 heteroatoms. The minimum Gasteiger partial charge on any atom is -0.319 e. The lowest BCUT2D eigenvalue weighted by molar-refractivity contribution is 0.484. The molecule has 0 spiro atoms. The number of hydrogen-bond donors (Lipinski definition) is 0. The zero-order valence-corrected chi connectivity index (χ0v) is 20.6. The van der Waals surface area contributed by atoms with Crippen molar-refractivity contribution in [3.8, 4) is 0 Å². The average molecular weight is 399 g/mol. The van der Waals surface area contributed by atoms with Crippen molar-refractivity contribution in [2.75, 3.05) is 28.2 Å². The van der Waals surface area contributed by atoms with E-state index in [9.17, 15) is 0 Å². The summed E-state index contributed by atoms with van der Waals surface area (Å²) in [7, 11) is 9.61. The van der Waals surface area contributed by atoms with Crippen molar-refractivity contribution >= 4 is 23.3 Å². The maximum atomic E-state index is 3.18. The summed E-state index contributed by atoms with van der Waals surface area (Å²) in [6.45, 7) is 9.81. The second-order valence-corrected chi connectivity index (χ2v) is 14.4. The Morgan fingerprint density at radius 2 is 0.885 bits per heavy atom. The quantitative estimate of drug-likeness (QED) is 0.353. The van der Waals surface area contributed by atoms with Gasteiger partial charge in [0.1, 0.15) is 0 Å². The van der Waals surface area contributed by atoms with Crippen LogP contribution in [0.15, 0.2) is 0 Å². The summed E-state index contributed by atoms with van der Waals surface area (Å²) in [5.41, 5.74) is 3.82. The molecule has 0 N–H and O–H groups in total. The zero-order valence-electron chi connectivity index (χ0n) is 18.8. The first kappa shape index (κ1) is 23.1. The highest BCUT2D eigenvalue weighted by Gasteiger charge is 2.51. The SMILES string of the molecule is CCC1CC[C@@H](CC)P1N(B(N(C)C)N(C)C)P1[C@H](CC)CC[C@H]1CC. The van der Waals surface area contributed by atoms with Gasteiger partial charge in [0.15, 0.2) is 0 Å². The molecule has 152 valence electrons. The normalized spacial score (nSPS) is 33.1. The Hall–Kier alpha value is 0.805. The smallest absolute Gasteiger partial charge is 0.319 e. The van der Waals surface area contributed by atoms with Gasteiger partial charge in [0.05, 0.1) is 0 Å². The van der Waals surface area contributed by atoms with E-state index in [1.807, 2.05) is 0 Å². The van der Waals surface area contributed by atoms with E-state index in [4.69, 9.17) is 0 Å². The molecular formula is C20H44BN3P2. The fraction of sp³-hybridized carbons (Fsp3) is 1.00. The van der Waals surface area contributed by atoms with Crippen LogP contribution in [0.5, 0.6) is 0 Å². The van der Waals surface area contributed by atoms with E-state index < -0.39 is 0 Å². The Bertz CT molecular complexity index is 364. The fourth-order valence-corrected chi connectivity index (χ4v) is 15.1. The molecule has 2 fully saturated rings. The van der Waals surface area contributed by atoms with E-state index >= 15 is 0 Å². The maximum absolute atomic E-state index is 3.18. The lowest BCUT2D eigenvalue weighted by Gasteiger charge is -2.50. The van der Waals surface area contributed by atoms with E-state index in [1.165, 1.54) is 51.4 Å². The van der Waals surface area contributed by atoms with Crippen LogP contribution in [0.1, 0.15) is 79.1 Å². The van der Waals surface area contributed by atoms with Crippen molar-refractivity contribution in [2.24, 2.45) is 0 Å². The van der Waals surface area contributed by atoms with Crippen molar-refractivity contribution in [1.29, 1.82) is 0 Å². The van der Waals surface area contributed by atoms with Gasteiger partial charge in [-0.15, -0.1) is 0 Å². The molecule has 2 aliphatic rings. The highest BCUT2D eigenvalue weighted by Crippen LogP contribution is 2.73. The third-order valence-electron chi connectivity index (χ3n) is 6.65. The largest absolute Gasteiger partial charge is 0.410 e. The monoisotopic (exact) mass is 399 g/mol. The summed E-state index contributed by atoms with van der Waals surface area (Å²) in [4.78, 5) is 5.00. The van der Waals surface area contributed by atoms with Crippen LogP contribution in [0.3, 0.4) is 0 Å². The van der Waals surface area contributed by atoms with Gasteiger partial charge in [-0.25, -0.2) is 0 Å². The van der Waals surface area contributed by atoms with Crippen molar-refractivity contribution in [1.82, 2.24) is 14.0 Å². The fourth-order valence-electron chi connectivity index (χ4n) is 5.36. The molecule has 0 radical (unpaired) electrons. The van der Waals surface area contributed by atoms with Crippen LogP contribution in [0.25, 0.3) is 0 Å². The summed E-state index contributed by atoms with van der Waals surface area (Å²) in [6.07, 6.45) is 11.4. The first-order valence-corrected chi connectivity index (χ1v) is 14.0. The molecule has 0 aliphatic carbocycles. The Morgan fingerprint density at radius 1 is 0.615 bits per heavy atom. The number of rotatable bonds is 9. The molecule has 5 atom stereocenters. The Kier molecular flexibility index (Phi) is 9.36. The predicted molar refractivity (Wildman–Crippen MR) is 124 cm³/mol. The van der Waals surface area contributed by atoms with E-state index in [0.717, 1.165) is 22.6 Å². The highest BCUT2D eigenvalue weighted by molar-refractivity contribution is 7.74. The van der Waals surface area contributed by atoms with Crippen LogP contribution in [0.2, 0.25) is 0 Å². The van der Waals surface area contributed by atoms with Gasteiger partial charge >= 0.3 is 7.12 Å². The molecule has 2 heterocycles. The number of nitrogens with zero attached hydrogens (tertiary/aromatic N) is 3. The second kappa shape index (κ2) is 10.5. The molecule has 26 heavy (non-hydrogen) atoms. The number of hydrogen-bond acceptors (Lipinski definition) is 3. The highest BCUT2D eigenvalue weighted by atomic mass is 31.2. The van der Waals surface area contributed by atoms with Gasteiger partial charge in [-0.05, 0) is 118 Å². The molecule has 0 aromatic heterocycles. The minimum atomic E-state index is -0.0368. The molecule has 0 aromatic carbocycles. The van der Waals surface area contributed by atoms with Crippen molar-refractivity contribution < 1.29 is 0 Å². The van der Waals surface area contributed by atoms with E-state index in [1.54, 1.807) is 0 Å². The van der Waals surface area contributed by atoms with E-state index in [2.05, 4.69) is 69.9 Å². The topological polar surface area (TPSA) is 9.72 Å². The summed E-state index contributed by atoms with van der Waals surface area (Å²) in [5, 5.41) is 0. The van der Waals surface area contributed by atoms with Crippen molar-refractivity contribution in [3.63, 3.8) is 0 Å². The lowest BCUT2D eigenvalue weighted by atomic mass is 9.92. The van der Waals surface area contributed by atoms with Crippen LogP contribution in [-0.4, -0.2) is 71.9 Å². The van der Waals surface area contributed by atoms with Gasteiger partial charge in [-0.1, -0.05) is 27.7 Å². The molecule has 0 bridgehead atoms. The average Bonchev–Trinajstić information content (AvgIpc) is 3.21. The van der Waals surface area contributed by atoms with Gasteiger partial charge in [0.25, 0.3) is 0 Å². The molecule has 0 saturated carbocycles. The molecule has 2 aliphatic heterocycles. The van der Waals surface area contributed by atoms with E-state index in [0.29, 0.717) is 7.12 Å². The molecule has 2 unspecified atom stereocenters. The molecule has 0 aromatic rings. The molecular weight excluding hydrogens is 355 g/mol. The third-order valence-corrected chi connectivity index (χ3v) is 14.7. The van der Waals surface area contributed by atoms with Crippen LogP contribution in [0, 0.1) is 0 Å². The first-order valence-electron chi connectivity index (χ1n) is 11.1. The van der Waals surface area contributed by atoms with Gasteiger partial charge in [-0.3, -0.25) is 4.35 Å². The summed E-state index contributed by atoms with van der Waals surface area (Å²) in [5.74, 6) is 0. The predicted octanol–water partition coefficient (Wildman–Crippen LogP) is 5.89. The van der Waals surface area contributed by atoms with Gasteiger partial charge in [0.2, 0.25) is 0 Å². The van der Waals surface area contributed by atoms with Crippen LogP contribution in [0.4, 0.5) is 0 Å². The summed E-state index contributed by atoms with van der Waals surface area (Å²) >= 11 is 0. The van der Waals surface area contributed by atoms with Crippen LogP contribution < -0.4 is 0 Å². The van der Waals surface area contributed by atoms with E-state index in [-0.39, 0.29) is 16.1 Å². The lowest BCUT2D eigenvalue weighted by Crippen LogP contribution is -2.56. The standard InChI is InChI=1S/C20H44BN3P2/c1-9-17-13-14-18(10-2)25(17)24(21(22(5)6)23(7)8)26-19(11-3)15-16-20(26)12-4/h17-20H,9-16H2,1-8H3/t17-,18-,19-,20?,26?/m1/s1. The third kappa shape index (κ3) is 4.68. The summed E-state index contributed by atoms with van der Waals surface area (Å²) in [6, 6.07) is 0. The van der Waals surface area contributed by atoms with Crippen molar-refractivity contribution in [3.05, 3.63) is 0 Å². The first-order chi connectivity index (χ1) is 12.4. The molecule has 0 amide bonds. The maximum Gasteiger partial charge on any atom is 0.410 e. The van der Waals surface area contributed by atoms with Gasteiger partial charge in [-0.2, -0.15) is 0 Å². The second-order valence-electron chi connectivity index (χ2n) is 8.76. The van der Waals surface area contributed by atoms with Gasteiger partial charge in [0, 0.05) is 0 Å². The minimum absolute atomic E-state index is 0.0368. The summed E-state index contributed by atoms with van der Waals surface area (Å²) < 4.78 is 3.18. The Labute approximate surface area is 167 Å². The van der Waals surface area contributed by atoms with Crippen LogP contribution >= 0.6 is 16.1 Å². The van der Waals surface area contributed by atoms with Gasteiger partial charge < -0.3 is 9.62 Å². The Morgan fingerprint density at radius 3 is 1.08 bits per heavy atom. The molecule has 2 rings (SSSR count). The zero-order chi connectivity index (χ0) is 19.4.